The average Bonchev–Trinajstić information content (AvgIpc) is 3.34. The van der Waals surface area contributed by atoms with Gasteiger partial charge in [0.15, 0.2) is 5.82 Å². The van der Waals surface area contributed by atoms with Crippen molar-refractivity contribution in [3.05, 3.63) is 58.0 Å². The van der Waals surface area contributed by atoms with Crippen LogP contribution in [0.3, 0.4) is 0 Å². The molecule has 128 valence electrons. The minimum Gasteiger partial charge on any atom is -0.334 e. The largest absolute Gasteiger partial charge is 0.334 e. The summed E-state index contributed by atoms with van der Waals surface area (Å²) in [4.78, 5) is 20.2. The summed E-state index contributed by atoms with van der Waals surface area (Å²) in [6.07, 6.45) is 0. The van der Waals surface area contributed by atoms with Gasteiger partial charge in [0, 0.05) is 25.2 Å². The Kier molecular flexibility index (Phi) is 4.44. The number of aromatic nitrogens is 2. The fourth-order valence-corrected chi connectivity index (χ4v) is 3.66. The van der Waals surface area contributed by atoms with Crippen LogP contribution in [0.2, 0.25) is 0 Å². The van der Waals surface area contributed by atoms with E-state index in [2.05, 4.69) is 27.4 Å². The Bertz CT molecular complexity index is 875. The van der Waals surface area contributed by atoms with Crippen molar-refractivity contribution >= 4 is 17.1 Å². The van der Waals surface area contributed by atoms with E-state index >= 15 is 0 Å². The second-order valence-electron chi connectivity index (χ2n) is 6.01. The van der Waals surface area contributed by atoms with Crippen LogP contribution < -0.4 is 5.32 Å². The number of benzene rings is 1. The molecule has 4 rings (SSSR count). The lowest BCUT2D eigenvalue weighted by atomic mass is 10.0. The molecule has 0 saturated carbocycles. The van der Waals surface area contributed by atoms with Crippen molar-refractivity contribution in [3.63, 3.8) is 0 Å². The molecule has 3 heterocycles. The molecule has 1 atom stereocenters. The van der Waals surface area contributed by atoms with Crippen LogP contribution in [0.1, 0.15) is 27.1 Å². The molecule has 7 heteroatoms. The predicted molar refractivity (Wildman–Crippen MR) is 95.7 cm³/mol. The van der Waals surface area contributed by atoms with Gasteiger partial charge in [0.1, 0.15) is 0 Å². The second-order valence-corrected chi connectivity index (χ2v) is 6.96. The number of hydrogen-bond donors (Lipinski definition) is 1. The average molecular weight is 354 g/mol. The summed E-state index contributed by atoms with van der Waals surface area (Å²) in [7, 11) is 2.05. The normalized spacial score (nSPS) is 18.4. The maximum atomic E-state index is 12.8. The third kappa shape index (κ3) is 3.13. The smallest absolute Gasteiger partial charge is 0.258 e. The molecule has 0 radical (unpaired) electrons. The third-order valence-corrected chi connectivity index (χ3v) is 5.27. The molecule has 1 aromatic carbocycles. The van der Waals surface area contributed by atoms with Crippen LogP contribution in [0, 0.1) is 0 Å². The molecule has 2 aromatic heterocycles. The van der Waals surface area contributed by atoms with Gasteiger partial charge in [0.2, 0.25) is 5.78 Å². The molecule has 1 saturated heterocycles. The van der Waals surface area contributed by atoms with Crippen molar-refractivity contribution in [1.82, 2.24) is 20.4 Å². The van der Waals surface area contributed by atoms with E-state index in [4.69, 9.17) is 4.52 Å². The van der Waals surface area contributed by atoms with Gasteiger partial charge in [0.05, 0.1) is 16.5 Å². The first-order chi connectivity index (χ1) is 12.2. The van der Waals surface area contributed by atoms with E-state index in [1.54, 1.807) is 6.07 Å². The molecule has 1 fully saturated rings. The van der Waals surface area contributed by atoms with Crippen molar-refractivity contribution in [1.29, 1.82) is 0 Å². The highest BCUT2D eigenvalue weighted by atomic mass is 32.1. The molecule has 0 aliphatic carbocycles. The van der Waals surface area contributed by atoms with Crippen LogP contribution in [0.15, 0.2) is 46.3 Å². The third-order valence-electron chi connectivity index (χ3n) is 4.40. The zero-order valence-corrected chi connectivity index (χ0v) is 14.6. The standard InChI is InChI=1S/C18H18N4O2S/c1-22-9-8-19-11-14(22)17-20-18(24-21-17)13-6-3-2-5-12(13)16(23)15-7-4-10-25-15/h2-7,10,14,19H,8-9,11H2,1H3. The van der Waals surface area contributed by atoms with Crippen LogP contribution in [0.5, 0.6) is 0 Å². The summed E-state index contributed by atoms with van der Waals surface area (Å²) in [5.74, 6) is 0.999. The Morgan fingerprint density at radius 1 is 1.32 bits per heavy atom. The number of hydrogen-bond acceptors (Lipinski definition) is 7. The SMILES string of the molecule is CN1CCNCC1c1noc(-c2ccccc2C(=O)c2cccs2)n1. The number of nitrogens with zero attached hydrogens (tertiary/aromatic N) is 3. The maximum absolute atomic E-state index is 12.8. The molecular formula is C18H18N4O2S. The number of carbonyl (C=O) groups excluding carboxylic acids is 1. The lowest BCUT2D eigenvalue weighted by molar-refractivity contribution is 0.104. The van der Waals surface area contributed by atoms with Crippen molar-refractivity contribution in [2.24, 2.45) is 0 Å². The molecule has 0 spiro atoms. The van der Waals surface area contributed by atoms with E-state index < -0.39 is 0 Å². The Balaban J connectivity index is 1.68. The predicted octanol–water partition coefficient (Wildman–Crippen LogP) is 2.61. The van der Waals surface area contributed by atoms with Crippen molar-refractivity contribution < 1.29 is 9.32 Å². The summed E-state index contributed by atoms with van der Waals surface area (Å²) >= 11 is 1.43. The van der Waals surface area contributed by atoms with Gasteiger partial charge in [0.25, 0.3) is 5.89 Å². The van der Waals surface area contributed by atoms with Crippen molar-refractivity contribution in [3.8, 4) is 11.5 Å². The maximum Gasteiger partial charge on any atom is 0.258 e. The molecule has 1 aliphatic rings. The van der Waals surface area contributed by atoms with Gasteiger partial charge in [-0.25, -0.2) is 0 Å². The van der Waals surface area contributed by atoms with Gasteiger partial charge in [-0.3, -0.25) is 9.69 Å². The van der Waals surface area contributed by atoms with Crippen LogP contribution in [0.25, 0.3) is 11.5 Å². The zero-order valence-electron chi connectivity index (χ0n) is 13.8. The molecule has 3 aromatic rings. The van der Waals surface area contributed by atoms with Crippen LogP contribution >= 0.6 is 11.3 Å². The summed E-state index contributed by atoms with van der Waals surface area (Å²) in [5.41, 5.74) is 1.25. The summed E-state index contributed by atoms with van der Waals surface area (Å²) in [6, 6.07) is 11.1. The Morgan fingerprint density at radius 2 is 2.20 bits per heavy atom. The minimum absolute atomic E-state index is 0.0261. The topological polar surface area (TPSA) is 71.3 Å². The van der Waals surface area contributed by atoms with E-state index in [0.717, 1.165) is 19.6 Å². The number of piperazine rings is 1. The first-order valence-electron chi connectivity index (χ1n) is 8.16. The van der Waals surface area contributed by atoms with E-state index in [1.165, 1.54) is 11.3 Å². The number of nitrogens with one attached hydrogen (secondary N) is 1. The highest BCUT2D eigenvalue weighted by Crippen LogP contribution is 2.27. The van der Waals surface area contributed by atoms with E-state index in [1.807, 2.05) is 35.7 Å². The van der Waals surface area contributed by atoms with Crippen LogP contribution in [0.4, 0.5) is 0 Å². The molecule has 1 aliphatic heterocycles. The lowest BCUT2D eigenvalue weighted by Crippen LogP contribution is -2.44. The van der Waals surface area contributed by atoms with Crippen molar-refractivity contribution in [2.45, 2.75) is 6.04 Å². The monoisotopic (exact) mass is 354 g/mol. The van der Waals surface area contributed by atoms with Gasteiger partial charge in [-0.15, -0.1) is 11.3 Å². The number of rotatable bonds is 4. The van der Waals surface area contributed by atoms with E-state index in [9.17, 15) is 4.79 Å². The van der Waals surface area contributed by atoms with Crippen LogP contribution in [-0.2, 0) is 0 Å². The Labute approximate surface area is 149 Å². The van der Waals surface area contributed by atoms with E-state index in [0.29, 0.717) is 27.7 Å². The molecule has 1 unspecified atom stereocenters. The highest BCUT2D eigenvalue weighted by Gasteiger charge is 2.26. The van der Waals surface area contributed by atoms with Gasteiger partial charge in [-0.05, 0) is 24.6 Å². The van der Waals surface area contributed by atoms with Gasteiger partial charge < -0.3 is 9.84 Å². The first kappa shape index (κ1) is 16.1. The molecular weight excluding hydrogens is 336 g/mol. The second kappa shape index (κ2) is 6.87. The number of likely N-dealkylation sites (N-methyl/N-ethyl adjacent to an activating group) is 1. The Morgan fingerprint density at radius 3 is 3.00 bits per heavy atom. The molecule has 6 nitrogen and oxygen atoms in total. The number of carbonyl (C=O) groups is 1. The summed E-state index contributed by atoms with van der Waals surface area (Å²) in [6.45, 7) is 2.67. The minimum atomic E-state index is -0.0261. The lowest BCUT2D eigenvalue weighted by Gasteiger charge is -2.30. The van der Waals surface area contributed by atoms with Crippen molar-refractivity contribution in [2.75, 3.05) is 26.7 Å². The quantitative estimate of drug-likeness (QED) is 0.726. The molecule has 0 bridgehead atoms. The van der Waals surface area contributed by atoms with Gasteiger partial charge >= 0.3 is 0 Å². The number of ketones is 1. The Hall–Kier alpha value is -2.35. The summed E-state index contributed by atoms with van der Waals surface area (Å²) in [5, 5.41) is 9.39. The van der Waals surface area contributed by atoms with Gasteiger partial charge in [-0.1, -0.05) is 29.4 Å². The molecule has 1 N–H and O–H groups in total. The fourth-order valence-electron chi connectivity index (χ4n) is 2.98. The number of thiophene rings is 1. The molecule has 25 heavy (non-hydrogen) atoms. The van der Waals surface area contributed by atoms with Gasteiger partial charge in [-0.2, -0.15) is 4.98 Å². The first-order valence-corrected chi connectivity index (χ1v) is 9.04. The highest BCUT2D eigenvalue weighted by molar-refractivity contribution is 7.12. The fraction of sp³-hybridized carbons (Fsp3) is 0.278. The summed E-state index contributed by atoms with van der Waals surface area (Å²) < 4.78 is 5.50. The molecule has 0 amide bonds. The van der Waals surface area contributed by atoms with Crippen LogP contribution in [-0.4, -0.2) is 47.5 Å². The van der Waals surface area contributed by atoms with E-state index in [-0.39, 0.29) is 11.8 Å². The zero-order chi connectivity index (χ0) is 17.2.